The fourth-order valence-electron chi connectivity index (χ4n) is 4.04. The van der Waals surface area contributed by atoms with Gasteiger partial charge in [-0.25, -0.2) is 0 Å². The van der Waals surface area contributed by atoms with Crippen molar-refractivity contribution in [3.63, 3.8) is 0 Å². The Balaban J connectivity index is 1.51. The summed E-state index contributed by atoms with van der Waals surface area (Å²) in [6, 6.07) is 9.24. The molecule has 0 amide bonds. The van der Waals surface area contributed by atoms with Gasteiger partial charge in [0.25, 0.3) is 0 Å². The van der Waals surface area contributed by atoms with Crippen LogP contribution in [0.15, 0.2) is 29.3 Å². The van der Waals surface area contributed by atoms with Gasteiger partial charge in [0.2, 0.25) is 0 Å². The number of aryl methyl sites for hydroxylation is 1. The van der Waals surface area contributed by atoms with Crippen LogP contribution in [-0.4, -0.2) is 76.6 Å². The van der Waals surface area contributed by atoms with Crippen LogP contribution in [0.4, 0.5) is 0 Å². The Morgan fingerprint density at radius 3 is 2.46 bits per heavy atom. The Labute approximate surface area is 169 Å². The monoisotopic (exact) mass is 388 g/mol. The number of aliphatic imine (C=N–C) groups is 1. The summed E-state index contributed by atoms with van der Waals surface area (Å²) in [7, 11) is 1.84. The van der Waals surface area contributed by atoms with Gasteiger partial charge in [-0.2, -0.15) is 0 Å². The maximum absolute atomic E-state index is 5.67. The highest BCUT2D eigenvalue weighted by Gasteiger charge is 2.31. The van der Waals surface area contributed by atoms with E-state index in [1.165, 1.54) is 11.1 Å². The van der Waals surface area contributed by atoms with Gasteiger partial charge in [-0.3, -0.25) is 9.89 Å². The van der Waals surface area contributed by atoms with Crippen LogP contribution in [0.2, 0.25) is 0 Å². The zero-order chi connectivity index (χ0) is 19.8. The average Bonchev–Trinajstić information content (AvgIpc) is 3.26. The number of nitrogens with one attached hydrogen (secondary N) is 2. The smallest absolute Gasteiger partial charge is 0.191 e. The first-order valence-corrected chi connectivity index (χ1v) is 10.6. The van der Waals surface area contributed by atoms with E-state index >= 15 is 0 Å². The van der Waals surface area contributed by atoms with Crippen molar-refractivity contribution in [1.82, 2.24) is 15.5 Å². The van der Waals surface area contributed by atoms with Crippen molar-refractivity contribution in [2.45, 2.75) is 32.2 Å². The molecule has 2 saturated heterocycles. The summed E-state index contributed by atoms with van der Waals surface area (Å²) >= 11 is 0. The lowest BCUT2D eigenvalue weighted by Crippen LogP contribution is -2.53. The second-order valence-corrected chi connectivity index (χ2v) is 7.99. The second-order valence-electron chi connectivity index (χ2n) is 7.99. The first-order chi connectivity index (χ1) is 13.7. The molecule has 0 aliphatic carbocycles. The zero-order valence-electron chi connectivity index (χ0n) is 17.6. The molecule has 0 spiro atoms. The molecular formula is C22H36N4O2. The van der Waals surface area contributed by atoms with E-state index < -0.39 is 0 Å². The van der Waals surface area contributed by atoms with Gasteiger partial charge in [-0.1, -0.05) is 36.8 Å². The molecule has 28 heavy (non-hydrogen) atoms. The van der Waals surface area contributed by atoms with Crippen LogP contribution in [0.25, 0.3) is 0 Å². The number of benzene rings is 1. The van der Waals surface area contributed by atoms with Crippen molar-refractivity contribution in [2.75, 3.05) is 59.7 Å². The zero-order valence-corrected chi connectivity index (χ0v) is 17.6. The van der Waals surface area contributed by atoms with Crippen molar-refractivity contribution in [2.24, 2.45) is 10.9 Å². The molecule has 156 valence electrons. The highest BCUT2D eigenvalue weighted by Crippen LogP contribution is 2.22. The second kappa shape index (κ2) is 10.8. The van der Waals surface area contributed by atoms with E-state index in [1.807, 2.05) is 7.05 Å². The van der Waals surface area contributed by atoms with Crippen LogP contribution in [0.3, 0.4) is 0 Å². The number of morpholine rings is 1. The third kappa shape index (κ3) is 5.93. The Morgan fingerprint density at radius 1 is 1.11 bits per heavy atom. The number of guanidine groups is 1. The molecule has 2 N–H and O–H groups in total. The first-order valence-electron chi connectivity index (χ1n) is 10.6. The van der Waals surface area contributed by atoms with E-state index in [0.717, 1.165) is 65.0 Å². The van der Waals surface area contributed by atoms with Gasteiger partial charge in [0, 0.05) is 51.8 Å². The summed E-state index contributed by atoms with van der Waals surface area (Å²) in [5.41, 5.74) is 2.65. The highest BCUT2D eigenvalue weighted by molar-refractivity contribution is 5.79. The Hall–Kier alpha value is -1.63. The van der Waals surface area contributed by atoms with Crippen LogP contribution in [0, 0.1) is 12.8 Å². The summed E-state index contributed by atoms with van der Waals surface area (Å²) in [6.07, 6.45) is 1.14. The van der Waals surface area contributed by atoms with Crippen molar-refractivity contribution in [3.05, 3.63) is 35.4 Å². The molecule has 6 nitrogen and oxygen atoms in total. The molecule has 0 bridgehead atoms. The fraction of sp³-hybridized carbons (Fsp3) is 0.682. The highest BCUT2D eigenvalue weighted by atomic mass is 16.5. The summed E-state index contributed by atoms with van der Waals surface area (Å²) in [5, 5.41) is 7.06. The summed E-state index contributed by atoms with van der Waals surface area (Å²) in [4.78, 5) is 6.99. The molecule has 0 radical (unpaired) electrons. The summed E-state index contributed by atoms with van der Waals surface area (Å²) < 4.78 is 11.2. The molecule has 1 aromatic carbocycles. The van der Waals surface area contributed by atoms with Gasteiger partial charge in [0.1, 0.15) is 0 Å². The van der Waals surface area contributed by atoms with E-state index in [0.29, 0.717) is 17.9 Å². The lowest BCUT2D eigenvalue weighted by Gasteiger charge is -2.37. The van der Waals surface area contributed by atoms with Crippen molar-refractivity contribution < 1.29 is 9.47 Å². The van der Waals surface area contributed by atoms with Gasteiger partial charge < -0.3 is 20.1 Å². The molecule has 3 atom stereocenters. The number of ether oxygens (including phenoxy) is 2. The number of hydrogen-bond donors (Lipinski definition) is 2. The molecule has 2 fully saturated rings. The van der Waals surface area contributed by atoms with E-state index in [1.54, 1.807) is 0 Å². The molecule has 6 heteroatoms. The third-order valence-corrected chi connectivity index (χ3v) is 5.95. The molecule has 2 heterocycles. The fourth-order valence-corrected chi connectivity index (χ4v) is 4.04. The summed E-state index contributed by atoms with van der Waals surface area (Å²) in [6.45, 7) is 11.5. The van der Waals surface area contributed by atoms with Crippen LogP contribution in [-0.2, 0) is 9.47 Å². The Morgan fingerprint density at radius 2 is 1.82 bits per heavy atom. The van der Waals surface area contributed by atoms with Gasteiger partial charge in [-0.05, 0) is 24.8 Å². The predicted molar refractivity (Wildman–Crippen MR) is 114 cm³/mol. The van der Waals surface area contributed by atoms with Crippen molar-refractivity contribution >= 4 is 5.96 Å². The molecule has 0 saturated carbocycles. The molecule has 3 rings (SSSR count). The van der Waals surface area contributed by atoms with Crippen molar-refractivity contribution in [1.29, 1.82) is 0 Å². The van der Waals surface area contributed by atoms with Crippen molar-refractivity contribution in [3.8, 4) is 0 Å². The maximum atomic E-state index is 5.67. The normalized spacial score (nSPS) is 23.4. The van der Waals surface area contributed by atoms with Gasteiger partial charge in [0.15, 0.2) is 5.96 Å². The number of hydrogen-bond acceptors (Lipinski definition) is 4. The number of nitrogens with zero attached hydrogens (tertiary/aromatic N) is 2. The van der Waals surface area contributed by atoms with Crippen LogP contribution in [0.5, 0.6) is 0 Å². The predicted octanol–water partition coefficient (Wildman–Crippen LogP) is 2.00. The third-order valence-electron chi connectivity index (χ3n) is 5.95. The lowest BCUT2D eigenvalue weighted by molar-refractivity contribution is 0.00246. The lowest BCUT2D eigenvalue weighted by atomic mass is 9.97. The average molecular weight is 389 g/mol. The molecular weight excluding hydrogens is 352 g/mol. The minimum absolute atomic E-state index is 0.428. The SMILES string of the molecule is CN=C(NCC(C)c1ccc(C)cc1)NCC(C1CCOC1)N1CCOCC1. The van der Waals surface area contributed by atoms with Crippen LogP contribution in [0.1, 0.15) is 30.4 Å². The Bertz CT molecular complexity index is 607. The Kier molecular flexibility index (Phi) is 8.13. The first kappa shape index (κ1) is 21.1. The van der Waals surface area contributed by atoms with Crippen LogP contribution >= 0.6 is 0 Å². The molecule has 2 aliphatic heterocycles. The van der Waals surface area contributed by atoms with Gasteiger partial charge >= 0.3 is 0 Å². The largest absolute Gasteiger partial charge is 0.381 e. The van der Waals surface area contributed by atoms with E-state index in [2.05, 4.69) is 58.6 Å². The van der Waals surface area contributed by atoms with Crippen LogP contribution < -0.4 is 10.6 Å². The minimum atomic E-state index is 0.428. The maximum Gasteiger partial charge on any atom is 0.191 e. The topological polar surface area (TPSA) is 58.1 Å². The van der Waals surface area contributed by atoms with Gasteiger partial charge in [0.05, 0.1) is 19.8 Å². The quantitative estimate of drug-likeness (QED) is 0.553. The number of rotatable bonds is 7. The molecule has 2 aliphatic rings. The molecule has 0 aromatic heterocycles. The minimum Gasteiger partial charge on any atom is -0.381 e. The van der Waals surface area contributed by atoms with Gasteiger partial charge in [-0.15, -0.1) is 0 Å². The van der Waals surface area contributed by atoms with E-state index in [-0.39, 0.29) is 0 Å². The van der Waals surface area contributed by atoms with E-state index in [9.17, 15) is 0 Å². The van der Waals surface area contributed by atoms with E-state index in [4.69, 9.17) is 9.47 Å². The standard InChI is InChI=1S/C22H36N4O2/c1-17-4-6-19(7-5-17)18(2)14-24-22(23-3)25-15-21(20-8-11-28-16-20)26-9-12-27-13-10-26/h4-7,18,20-21H,8-16H2,1-3H3,(H2,23,24,25). The summed E-state index contributed by atoms with van der Waals surface area (Å²) in [5.74, 6) is 1.88. The molecule has 1 aromatic rings. The molecule has 3 unspecified atom stereocenters.